The minimum absolute atomic E-state index is 0.135. The van der Waals surface area contributed by atoms with Crippen molar-refractivity contribution in [3.05, 3.63) is 48.5 Å². The third-order valence-electron chi connectivity index (χ3n) is 5.13. The number of hydrogen-bond donors (Lipinski definition) is 1. The van der Waals surface area contributed by atoms with Gasteiger partial charge in [0.1, 0.15) is 17.5 Å². The van der Waals surface area contributed by atoms with Gasteiger partial charge in [0.15, 0.2) is 0 Å². The second-order valence-corrected chi connectivity index (χ2v) is 7.80. The van der Waals surface area contributed by atoms with Crippen LogP contribution in [0.15, 0.2) is 48.5 Å². The predicted molar refractivity (Wildman–Crippen MR) is 122 cm³/mol. The van der Waals surface area contributed by atoms with Crippen LogP contribution in [-0.4, -0.2) is 48.5 Å². The maximum absolute atomic E-state index is 13.2. The summed E-state index contributed by atoms with van der Waals surface area (Å²) < 4.78 is 10.7. The van der Waals surface area contributed by atoms with Gasteiger partial charge in [0.05, 0.1) is 25.8 Å². The number of nitrogens with zero attached hydrogens (tertiary/aromatic N) is 2. The molecular weight excluding hydrogens is 410 g/mol. The Morgan fingerprint density at radius 1 is 1.03 bits per heavy atom. The van der Waals surface area contributed by atoms with E-state index in [1.165, 1.54) is 4.90 Å². The molecule has 0 radical (unpaired) electrons. The van der Waals surface area contributed by atoms with Gasteiger partial charge in [-0.25, -0.2) is 9.69 Å². The molecule has 1 atom stereocenters. The highest BCUT2D eigenvalue weighted by molar-refractivity contribution is 6.22. The molecular formula is C24H29N3O5. The second-order valence-electron chi connectivity index (χ2n) is 7.80. The zero-order valence-electron chi connectivity index (χ0n) is 18.8. The first-order chi connectivity index (χ1) is 15.3. The van der Waals surface area contributed by atoms with E-state index in [1.807, 2.05) is 20.8 Å². The summed E-state index contributed by atoms with van der Waals surface area (Å²) in [6, 6.07) is 12.2. The molecule has 0 spiro atoms. The van der Waals surface area contributed by atoms with Gasteiger partial charge >= 0.3 is 6.03 Å². The molecule has 0 unspecified atom stereocenters. The summed E-state index contributed by atoms with van der Waals surface area (Å²) >= 11 is 0. The molecule has 1 fully saturated rings. The minimum Gasteiger partial charge on any atom is -0.497 e. The number of methoxy groups -OCH3 is 1. The molecule has 32 heavy (non-hydrogen) atoms. The molecule has 1 heterocycles. The summed E-state index contributed by atoms with van der Waals surface area (Å²) in [5, 5.41) is 2.80. The fourth-order valence-electron chi connectivity index (χ4n) is 3.59. The maximum atomic E-state index is 13.2. The van der Waals surface area contributed by atoms with Crippen molar-refractivity contribution in [3.8, 4) is 11.5 Å². The molecule has 0 saturated carbocycles. The van der Waals surface area contributed by atoms with Crippen LogP contribution >= 0.6 is 0 Å². The lowest BCUT2D eigenvalue weighted by molar-refractivity contribution is -0.124. The van der Waals surface area contributed by atoms with Crippen molar-refractivity contribution in [2.75, 3.05) is 23.9 Å². The largest absolute Gasteiger partial charge is 0.497 e. The number of ether oxygens (including phenoxy) is 2. The molecule has 2 aromatic rings. The fourth-order valence-corrected chi connectivity index (χ4v) is 3.59. The number of anilines is 2. The first-order valence-electron chi connectivity index (χ1n) is 10.7. The summed E-state index contributed by atoms with van der Waals surface area (Å²) in [5.74, 6) is 0.575. The Bertz CT molecular complexity index is 957. The summed E-state index contributed by atoms with van der Waals surface area (Å²) in [5.41, 5.74) is 1.04. The van der Waals surface area contributed by atoms with Crippen LogP contribution in [0.2, 0.25) is 0 Å². The van der Waals surface area contributed by atoms with Crippen LogP contribution in [0.25, 0.3) is 0 Å². The van der Waals surface area contributed by atoms with Crippen LogP contribution in [-0.2, 0) is 9.59 Å². The lowest BCUT2D eigenvalue weighted by Gasteiger charge is -2.25. The van der Waals surface area contributed by atoms with E-state index in [0.717, 1.165) is 17.1 Å². The molecule has 0 aliphatic carbocycles. The van der Waals surface area contributed by atoms with Crippen LogP contribution in [0.4, 0.5) is 16.2 Å². The Kier molecular flexibility index (Phi) is 7.35. The lowest BCUT2D eigenvalue weighted by atomic mass is 10.1. The lowest BCUT2D eigenvalue weighted by Crippen LogP contribution is -2.42. The number of nitrogens with one attached hydrogen (secondary N) is 1. The van der Waals surface area contributed by atoms with E-state index in [1.54, 1.807) is 55.6 Å². The molecule has 0 aromatic heterocycles. The highest BCUT2D eigenvalue weighted by Crippen LogP contribution is 2.30. The summed E-state index contributed by atoms with van der Waals surface area (Å²) in [6.45, 7) is 6.30. The number of carbonyl (C=O) groups is 3. The molecule has 1 saturated heterocycles. The highest BCUT2D eigenvalue weighted by Gasteiger charge is 2.47. The van der Waals surface area contributed by atoms with Gasteiger partial charge in [0, 0.05) is 11.7 Å². The van der Waals surface area contributed by atoms with Crippen molar-refractivity contribution in [2.24, 2.45) is 0 Å². The van der Waals surface area contributed by atoms with Crippen molar-refractivity contribution < 1.29 is 23.9 Å². The average molecular weight is 440 g/mol. The predicted octanol–water partition coefficient (Wildman–Crippen LogP) is 4.06. The maximum Gasteiger partial charge on any atom is 0.332 e. The van der Waals surface area contributed by atoms with E-state index < -0.39 is 18.0 Å². The molecule has 170 valence electrons. The number of benzene rings is 2. The van der Waals surface area contributed by atoms with Crippen molar-refractivity contribution in [3.63, 3.8) is 0 Å². The molecule has 2 aromatic carbocycles. The third kappa shape index (κ3) is 5.01. The smallest absolute Gasteiger partial charge is 0.332 e. The molecule has 1 aliphatic heterocycles. The van der Waals surface area contributed by atoms with Crippen LogP contribution in [0, 0.1) is 0 Å². The van der Waals surface area contributed by atoms with E-state index in [9.17, 15) is 14.4 Å². The van der Waals surface area contributed by atoms with E-state index >= 15 is 0 Å². The van der Waals surface area contributed by atoms with Gasteiger partial charge < -0.3 is 19.7 Å². The Balaban J connectivity index is 1.72. The topological polar surface area (TPSA) is 88.2 Å². The monoisotopic (exact) mass is 439 g/mol. The molecule has 1 aliphatic rings. The number of urea groups is 1. The van der Waals surface area contributed by atoms with Gasteiger partial charge in [0.2, 0.25) is 5.91 Å². The zero-order valence-corrected chi connectivity index (χ0v) is 18.8. The number of rotatable bonds is 9. The number of hydrogen-bond acceptors (Lipinski definition) is 5. The zero-order chi connectivity index (χ0) is 23.3. The van der Waals surface area contributed by atoms with Crippen LogP contribution < -0.4 is 19.7 Å². The van der Waals surface area contributed by atoms with Gasteiger partial charge in [-0.15, -0.1) is 0 Å². The van der Waals surface area contributed by atoms with E-state index in [-0.39, 0.29) is 18.4 Å². The average Bonchev–Trinajstić information content (AvgIpc) is 3.02. The molecule has 8 heteroatoms. The SMILES string of the molecule is CCCOc1ccc(NC(=O)C[C@H]2C(=O)N(c3ccc(OC)cc3)C(=O)N2C(C)C)cc1. The normalized spacial score (nSPS) is 16.0. The Labute approximate surface area is 188 Å². The van der Waals surface area contributed by atoms with Crippen molar-refractivity contribution in [2.45, 2.75) is 45.7 Å². The van der Waals surface area contributed by atoms with Crippen molar-refractivity contribution >= 4 is 29.2 Å². The van der Waals surface area contributed by atoms with Gasteiger partial charge in [0.25, 0.3) is 5.91 Å². The summed E-state index contributed by atoms with van der Waals surface area (Å²) in [4.78, 5) is 41.5. The minimum atomic E-state index is -0.878. The van der Waals surface area contributed by atoms with Gasteiger partial charge in [-0.1, -0.05) is 6.92 Å². The van der Waals surface area contributed by atoms with Crippen LogP contribution in [0.5, 0.6) is 11.5 Å². The summed E-state index contributed by atoms with van der Waals surface area (Å²) in [6.07, 6.45) is 0.774. The third-order valence-corrected chi connectivity index (χ3v) is 5.13. The number of amides is 4. The Morgan fingerprint density at radius 2 is 1.66 bits per heavy atom. The van der Waals surface area contributed by atoms with Crippen molar-refractivity contribution in [1.82, 2.24) is 4.90 Å². The molecule has 0 bridgehead atoms. The van der Waals surface area contributed by atoms with Crippen molar-refractivity contribution in [1.29, 1.82) is 0 Å². The number of imide groups is 1. The first-order valence-corrected chi connectivity index (χ1v) is 10.7. The van der Waals surface area contributed by atoms with Crippen LogP contribution in [0.3, 0.4) is 0 Å². The summed E-state index contributed by atoms with van der Waals surface area (Å²) in [7, 11) is 1.54. The van der Waals surface area contributed by atoms with E-state index in [4.69, 9.17) is 9.47 Å². The van der Waals surface area contributed by atoms with Gasteiger partial charge in [-0.3, -0.25) is 9.59 Å². The molecule has 1 N–H and O–H groups in total. The van der Waals surface area contributed by atoms with Gasteiger partial charge in [-0.05, 0) is 68.8 Å². The Hall–Kier alpha value is -3.55. The van der Waals surface area contributed by atoms with Gasteiger partial charge in [-0.2, -0.15) is 0 Å². The highest BCUT2D eigenvalue weighted by atomic mass is 16.5. The second kappa shape index (κ2) is 10.2. The molecule has 8 nitrogen and oxygen atoms in total. The van der Waals surface area contributed by atoms with Crippen LogP contribution in [0.1, 0.15) is 33.6 Å². The quantitative estimate of drug-likeness (QED) is 0.596. The fraction of sp³-hybridized carbons (Fsp3) is 0.375. The molecule has 4 amide bonds. The number of carbonyl (C=O) groups excluding carboxylic acids is 3. The standard InChI is InChI=1S/C24H29N3O5/c1-5-14-32-20-10-6-17(7-11-20)25-22(28)15-21-23(29)27(24(30)26(21)16(2)3)18-8-12-19(31-4)13-9-18/h6-13,16,21H,5,14-15H2,1-4H3,(H,25,28)/t21-/m0/s1. The first kappa shape index (κ1) is 23.1. The van der Waals surface area contributed by atoms with E-state index in [0.29, 0.717) is 23.7 Å². The Morgan fingerprint density at radius 3 is 2.22 bits per heavy atom. The molecule has 3 rings (SSSR count). The van der Waals surface area contributed by atoms with E-state index in [2.05, 4.69) is 5.32 Å².